The van der Waals surface area contributed by atoms with Crippen LogP contribution in [0.5, 0.6) is 0 Å². The molecule has 0 radical (unpaired) electrons. The van der Waals surface area contributed by atoms with E-state index in [4.69, 9.17) is 4.52 Å². The average Bonchev–Trinajstić information content (AvgIpc) is 3.27. The fraction of sp³-hybridized carbons (Fsp3) is 0.571. The molecule has 28 heavy (non-hydrogen) atoms. The summed E-state index contributed by atoms with van der Waals surface area (Å²) in [6.07, 6.45) is 9.69. The zero-order chi connectivity index (χ0) is 19.2. The van der Waals surface area contributed by atoms with Crippen molar-refractivity contribution < 1.29 is 9.32 Å². The molecule has 0 saturated carbocycles. The lowest BCUT2D eigenvalue weighted by Gasteiger charge is -2.42. The van der Waals surface area contributed by atoms with Gasteiger partial charge in [-0.25, -0.2) is 0 Å². The van der Waals surface area contributed by atoms with Crippen LogP contribution in [0, 0.1) is 5.92 Å². The molecule has 2 saturated heterocycles. The molecule has 0 bridgehead atoms. The van der Waals surface area contributed by atoms with Crippen molar-refractivity contribution in [2.75, 3.05) is 26.2 Å². The lowest BCUT2D eigenvalue weighted by atomic mass is 9.93. The highest BCUT2D eigenvalue weighted by Gasteiger charge is 2.31. The molecule has 7 heteroatoms. The van der Waals surface area contributed by atoms with Crippen molar-refractivity contribution >= 4 is 5.91 Å². The van der Waals surface area contributed by atoms with Crippen LogP contribution < -0.4 is 5.32 Å². The predicted octanol–water partition coefficient (Wildman–Crippen LogP) is 2.06. The van der Waals surface area contributed by atoms with Crippen molar-refractivity contribution in [1.29, 1.82) is 0 Å². The number of amides is 1. The van der Waals surface area contributed by atoms with Gasteiger partial charge in [-0.2, -0.15) is 0 Å². The van der Waals surface area contributed by atoms with E-state index >= 15 is 0 Å². The maximum atomic E-state index is 12.6. The number of piperidine rings is 2. The van der Waals surface area contributed by atoms with Gasteiger partial charge in [-0.15, -0.1) is 0 Å². The summed E-state index contributed by atoms with van der Waals surface area (Å²) in [7, 11) is 0. The van der Waals surface area contributed by atoms with E-state index in [-0.39, 0.29) is 11.8 Å². The largest absolute Gasteiger partial charge is 0.364 e. The highest BCUT2D eigenvalue weighted by Crippen LogP contribution is 2.24. The first kappa shape index (κ1) is 19.1. The molecule has 1 amide bonds. The lowest BCUT2D eigenvalue weighted by Crippen LogP contribution is -2.50. The van der Waals surface area contributed by atoms with Gasteiger partial charge in [0.2, 0.25) is 5.91 Å². The number of hydrogen-bond acceptors (Lipinski definition) is 6. The van der Waals surface area contributed by atoms with E-state index in [2.05, 4.69) is 37.4 Å². The van der Waals surface area contributed by atoms with E-state index in [9.17, 15) is 4.79 Å². The van der Waals surface area contributed by atoms with Gasteiger partial charge in [0.05, 0.1) is 12.5 Å². The minimum absolute atomic E-state index is 0.0792. The van der Waals surface area contributed by atoms with Gasteiger partial charge >= 0.3 is 0 Å². The molecule has 4 rings (SSSR count). The van der Waals surface area contributed by atoms with Crippen LogP contribution in [0.1, 0.15) is 36.9 Å². The van der Waals surface area contributed by atoms with Crippen LogP contribution in [-0.2, 0) is 17.9 Å². The number of nitrogens with zero attached hydrogens (tertiary/aromatic N) is 4. The minimum Gasteiger partial charge on any atom is -0.364 e. The molecule has 2 fully saturated rings. The fourth-order valence-electron chi connectivity index (χ4n) is 4.39. The molecule has 2 aliphatic heterocycles. The Bertz CT molecular complexity index is 729. The lowest BCUT2D eigenvalue weighted by molar-refractivity contribution is -0.127. The second kappa shape index (κ2) is 9.30. The van der Waals surface area contributed by atoms with Crippen LogP contribution >= 0.6 is 0 Å². The summed E-state index contributed by atoms with van der Waals surface area (Å²) < 4.78 is 4.82. The van der Waals surface area contributed by atoms with Crippen molar-refractivity contribution in [1.82, 2.24) is 25.3 Å². The van der Waals surface area contributed by atoms with Crippen LogP contribution in [-0.4, -0.2) is 58.1 Å². The van der Waals surface area contributed by atoms with Crippen molar-refractivity contribution in [3.8, 4) is 0 Å². The molecule has 150 valence electrons. The van der Waals surface area contributed by atoms with Gasteiger partial charge in [0, 0.05) is 37.6 Å². The number of carbonyl (C=O) groups is 1. The third-order valence-electron chi connectivity index (χ3n) is 5.99. The number of likely N-dealkylation sites (tertiary alicyclic amines) is 2. The first-order valence-electron chi connectivity index (χ1n) is 10.3. The number of hydrogen-bond donors (Lipinski definition) is 1. The first-order valence-corrected chi connectivity index (χ1v) is 10.3. The van der Waals surface area contributed by atoms with Crippen LogP contribution in [0.4, 0.5) is 0 Å². The maximum absolute atomic E-state index is 12.6. The Balaban J connectivity index is 1.23. The quantitative estimate of drug-likeness (QED) is 0.823. The number of nitrogens with one attached hydrogen (secondary N) is 1. The van der Waals surface area contributed by atoms with Crippen LogP contribution in [0.3, 0.4) is 0 Å². The summed E-state index contributed by atoms with van der Waals surface area (Å²) >= 11 is 0. The third kappa shape index (κ3) is 4.97. The van der Waals surface area contributed by atoms with E-state index in [1.807, 2.05) is 12.4 Å². The topological polar surface area (TPSA) is 74.5 Å². The Morgan fingerprint density at radius 1 is 1.14 bits per heavy atom. The van der Waals surface area contributed by atoms with E-state index in [0.717, 1.165) is 51.3 Å². The second-order valence-corrected chi connectivity index (χ2v) is 7.91. The Kier molecular flexibility index (Phi) is 6.34. The average molecular weight is 383 g/mol. The normalized spacial score (nSPS) is 22.2. The minimum atomic E-state index is 0.0792. The zero-order valence-electron chi connectivity index (χ0n) is 16.3. The Hall–Kier alpha value is -2.25. The zero-order valence-corrected chi connectivity index (χ0v) is 16.3. The molecule has 0 aliphatic carbocycles. The molecule has 2 aromatic heterocycles. The molecule has 1 atom stereocenters. The molecule has 1 N–H and O–H groups in total. The molecule has 7 nitrogen and oxygen atoms in total. The van der Waals surface area contributed by atoms with Crippen LogP contribution in [0.2, 0.25) is 0 Å². The Morgan fingerprint density at radius 3 is 2.71 bits per heavy atom. The van der Waals surface area contributed by atoms with Crippen molar-refractivity contribution in [3.63, 3.8) is 0 Å². The number of rotatable bonds is 6. The molecule has 0 spiro atoms. The number of carbonyl (C=O) groups excluding carboxylic acids is 1. The van der Waals surface area contributed by atoms with Gasteiger partial charge < -0.3 is 9.84 Å². The van der Waals surface area contributed by atoms with E-state index < -0.39 is 0 Å². The summed E-state index contributed by atoms with van der Waals surface area (Å²) in [6, 6.07) is 6.57. The third-order valence-corrected chi connectivity index (χ3v) is 5.99. The molecule has 0 aromatic carbocycles. The standard InChI is InChI=1S/C21H29N5O2/c27-21(23-14-19-7-13-28-24-19)18-2-1-10-26(16-18)20-5-11-25(12-6-20)15-17-3-8-22-9-4-17/h3-4,7-9,13,18,20H,1-2,5-6,10-12,14-16H2,(H,23,27)/t18-/m0/s1. The van der Waals surface area contributed by atoms with Crippen molar-refractivity contribution in [2.24, 2.45) is 5.92 Å². The number of aromatic nitrogens is 2. The van der Waals surface area contributed by atoms with Crippen LogP contribution in [0.15, 0.2) is 41.4 Å². The van der Waals surface area contributed by atoms with Gasteiger partial charge in [-0.05, 0) is 63.0 Å². The molecule has 2 aromatic rings. The van der Waals surface area contributed by atoms with Gasteiger partial charge in [-0.3, -0.25) is 19.6 Å². The summed E-state index contributed by atoms with van der Waals surface area (Å²) in [6.45, 7) is 5.67. The van der Waals surface area contributed by atoms with Gasteiger partial charge in [0.25, 0.3) is 0 Å². The highest BCUT2D eigenvalue weighted by molar-refractivity contribution is 5.78. The smallest absolute Gasteiger partial charge is 0.224 e. The van der Waals surface area contributed by atoms with E-state index in [0.29, 0.717) is 12.6 Å². The first-order chi connectivity index (χ1) is 13.8. The van der Waals surface area contributed by atoms with Crippen molar-refractivity contribution in [3.05, 3.63) is 48.1 Å². The van der Waals surface area contributed by atoms with Gasteiger partial charge in [0.1, 0.15) is 12.0 Å². The van der Waals surface area contributed by atoms with E-state index in [1.54, 1.807) is 6.07 Å². The Labute approximate surface area is 166 Å². The monoisotopic (exact) mass is 383 g/mol. The fourth-order valence-corrected chi connectivity index (χ4v) is 4.39. The van der Waals surface area contributed by atoms with Crippen LogP contribution in [0.25, 0.3) is 0 Å². The highest BCUT2D eigenvalue weighted by atomic mass is 16.5. The SMILES string of the molecule is O=C(NCc1ccon1)[C@H]1CCCN(C2CCN(Cc3ccncc3)CC2)C1. The summed E-state index contributed by atoms with van der Waals surface area (Å²) in [5, 5.41) is 6.86. The second-order valence-electron chi connectivity index (χ2n) is 7.91. The summed E-state index contributed by atoms with van der Waals surface area (Å²) in [5.41, 5.74) is 2.10. The predicted molar refractivity (Wildman–Crippen MR) is 105 cm³/mol. The Morgan fingerprint density at radius 2 is 1.96 bits per heavy atom. The number of pyridine rings is 1. The molecular formula is C21H29N5O2. The molecular weight excluding hydrogens is 354 g/mol. The summed E-state index contributed by atoms with van der Waals surface area (Å²) in [5.74, 6) is 0.221. The molecule has 2 aliphatic rings. The van der Waals surface area contributed by atoms with E-state index in [1.165, 1.54) is 24.7 Å². The maximum Gasteiger partial charge on any atom is 0.224 e. The van der Waals surface area contributed by atoms with Gasteiger partial charge in [-0.1, -0.05) is 5.16 Å². The molecule has 4 heterocycles. The molecule has 0 unspecified atom stereocenters. The summed E-state index contributed by atoms with van der Waals surface area (Å²) in [4.78, 5) is 21.7. The van der Waals surface area contributed by atoms with Crippen molar-refractivity contribution in [2.45, 2.75) is 44.8 Å². The van der Waals surface area contributed by atoms with Gasteiger partial charge in [0.15, 0.2) is 0 Å².